The van der Waals surface area contributed by atoms with Gasteiger partial charge in [-0.1, -0.05) is 32.1 Å². The number of amides is 1. The first-order valence-corrected chi connectivity index (χ1v) is 8.24. The van der Waals surface area contributed by atoms with Crippen molar-refractivity contribution in [2.45, 2.75) is 69.9 Å². The smallest absolute Gasteiger partial charge is 0.234 e. The van der Waals surface area contributed by atoms with Gasteiger partial charge in [-0.15, -0.1) is 0 Å². The van der Waals surface area contributed by atoms with E-state index in [0.717, 1.165) is 12.8 Å². The number of hydrogen-bond acceptors (Lipinski definition) is 4. The second-order valence-electron chi connectivity index (χ2n) is 6.43. The van der Waals surface area contributed by atoms with Crippen molar-refractivity contribution < 1.29 is 14.6 Å². The summed E-state index contributed by atoms with van der Waals surface area (Å²) >= 11 is 0. The summed E-state index contributed by atoms with van der Waals surface area (Å²) in [5.41, 5.74) is -0.359. The number of aliphatic hydroxyl groups excluding tert-OH is 1. The van der Waals surface area contributed by atoms with Gasteiger partial charge in [0.1, 0.15) is 0 Å². The van der Waals surface area contributed by atoms with E-state index in [4.69, 9.17) is 9.84 Å². The molecule has 0 aromatic rings. The molecule has 0 aromatic carbocycles. The van der Waals surface area contributed by atoms with Gasteiger partial charge < -0.3 is 20.5 Å². The fourth-order valence-electron chi connectivity index (χ4n) is 2.95. The molecule has 1 aliphatic rings. The van der Waals surface area contributed by atoms with Gasteiger partial charge in [0.05, 0.1) is 13.2 Å². The largest absolute Gasteiger partial charge is 0.396 e. The molecule has 1 unspecified atom stereocenters. The fraction of sp³-hybridized carbons (Fsp3) is 0.938. The van der Waals surface area contributed by atoms with Crippen LogP contribution in [0.15, 0.2) is 0 Å². The van der Waals surface area contributed by atoms with E-state index in [1.807, 2.05) is 6.92 Å². The van der Waals surface area contributed by atoms with Crippen molar-refractivity contribution in [1.82, 2.24) is 10.6 Å². The lowest BCUT2D eigenvalue weighted by Crippen LogP contribution is -2.51. The summed E-state index contributed by atoms with van der Waals surface area (Å²) in [7, 11) is 1.63. The van der Waals surface area contributed by atoms with Gasteiger partial charge in [0.25, 0.3) is 0 Å². The van der Waals surface area contributed by atoms with Crippen molar-refractivity contribution in [3.05, 3.63) is 0 Å². The van der Waals surface area contributed by atoms with Crippen LogP contribution < -0.4 is 10.6 Å². The Bertz CT molecular complexity index is 283. The van der Waals surface area contributed by atoms with E-state index in [0.29, 0.717) is 19.1 Å². The Kier molecular flexibility index (Phi) is 8.88. The maximum Gasteiger partial charge on any atom is 0.234 e. The zero-order valence-corrected chi connectivity index (χ0v) is 13.6. The van der Waals surface area contributed by atoms with Crippen molar-refractivity contribution in [1.29, 1.82) is 0 Å². The fourth-order valence-corrected chi connectivity index (χ4v) is 2.95. The maximum atomic E-state index is 12.1. The topological polar surface area (TPSA) is 70.6 Å². The Morgan fingerprint density at radius 2 is 1.86 bits per heavy atom. The minimum Gasteiger partial charge on any atom is -0.396 e. The quantitative estimate of drug-likeness (QED) is 0.637. The summed E-state index contributed by atoms with van der Waals surface area (Å²) in [6, 6.07) is 0.325. The highest BCUT2D eigenvalue weighted by Crippen LogP contribution is 2.17. The van der Waals surface area contributed by atoms with Gasteiger partial charge in [-0.05, 0) is 26.2 Å². The first-order chi connectivity index (χ1) is 10.1. The molecule has 1 fully saturated rings. The Morgan fingerprint density at radius 3 is 2.43 bits per heavy atom. The maximum absolute atomic E-state index is 12.1. The predicted octanol–water partition coefficient (Wildman–Crippen LogP) is 1.59. The molecule has 5 nitrogen and oxygen atoms in total. The van der Waals surface area contributed by atoms with Gasteiger partial charge in [-0.3, -0.25) is 4.79 Å². The predicted molar refractivity (Wildman–Crippen MR) is 84.2 cm³/mol. The first kappa shape index (κ1) is 18.4. The van der Waals surface area contributed by atoms with Crippen LogP contribution >= 0.6 is 0 Å². The number of hydrogen-bond donors (Lipinski definition) is 3. The van der Waals surface area contributed by atoms with Crippen LogP contribution in [0.1, 0.15) is 58.3 Å². The van der Waals surface area contributed by atoms with E-state index < -0.39 is 0 Å². The summed E-state index contributed by atoms with van der Waals surface area (Å²) in [5.74, 6) is 0.0424. The highest BCUT2D eigenvalue weighted by atomic mass is 16.5. The summed E-state index contributed by atoms with van der Waals surface area (Å²) in [6.07, 6.45) is 9.08. The Morgan fingerprint density at radius 1 is 1.24 bits per heavy atom. The van der Waals surface area contributed by atoms with E-state index in [1.54, 1.807) is 7.11 Å². The molecule has 124 valence electrons. The number of carbonyl (C=O) groups excluding carboxylic acids is 1. The molecule has 0 aromatic heterocycles. The number of carbonyl (C=O) groups is 1. The van der Waals surface area contributed by atoms with Crippen LogP contribution in [0.4, 0.5) is 0 Å². The second kappa shape index (κ2) is 10.1. The van der Waals surface area contributed by atoms with Gasteiger partial charge in [0.2, 0.25) is 5.91 Å². The van der Waals surface area contributed by atoms with Crippen molar-refractivity contribution in [2.24, 2.45) is 0 Å². The van der Waals surface area contributed by atoms with Gasteiger partial charge >= 0.3 is 0 Å². The van der Waals surface area contributed by atoms with Gasteiger partial charge in [-0.25, -0.2) is 0 Å². The number of rotatable bonds is 8. The molecular formula is C16H32N2O3. The standard InChI is InChI=1S/C16H32N2O3/c1-16(10-11-19,13-21-2)17-12-15(20)18-14-8-6-4-3-5-7-9-14/h14,17,19H,3-13H2,1-2H3,(H,18,20). The zero-order chi connectivity index (χ0) is 15.6. The molecule has 3 N–H and O–H groups in total. The third-order valence-corrected chi connectivity index (χ3v) is 4.27. The van der Waals surface area contributed by atoms with E-state index >= 15 is 0 Å². The van der Waals surface area contributed by atoms with E-state index in [9.17, 15) is 4.79 Å². The van der Waals surface area contributed by atoms with Crippen molar-refractivity contribution in [2.75, 3.05) is 26.9 Å². The average molecular weight is 300 g/mol. The highest BCUT2D eigenvalue weighted by molar-refractivity contribution is 5.78. The highest BCUT2D eigenvalue weighted by Gasteiger charge is 2.24. The minimum absolute atomic E-state index is 0.0424. The average Bonchev–Trinajstić information content (AvgIpc) is 2.40. The third-order valence-electron chi connectivity index (χ3n) is 4.27. The monoisotopic (exact) mass is 300 g/mol. The molecular weight excluding hydrogens is 268 g/mol. The van der Waals surface area contributed by atoms with Crippen LogP contribution in [-0.2, 0) is 9.53 Å². The summed E-state index contributed by atoms with van der Waals surface area (Å²) in [4.78, 5) is 12.1. The normalized spacial score (nSPS) is 20.3. The van der Waals surface area contributed by atoms with Crippen LogP contribution in [0.3, 0.4) is 0 Å². The van der Waals surface area contributed by atoms with E-state index in [-0.39, 0.29) is 24.6 Å². The van der Waals surface area contributed by atoms with Gasteiger partial charge in [0, 0.05) is 25.3 Å². The Hall–Kier alpha value is -0.650. The molecule has 5 heteroatoms. The lowest BCUT2D eigenvalue weighted by atomic mass is 9.96. The molecule has 0 heterocycles. The van der Waals surface area contributed by atoms with Gasteiger partial charge in [-0.2, -0.15) is 0 Å². The molecule has 0 radical (unpaired) electrons. The summed E-state index contributed by atoms with van der Waals surface area (Å²) < 4.78 is 5.17. The zero-order valence-electron chi connectivity index (χ0n) is 13.6. The molecule has 1 saturated carbocycles. The Labute approximate surface area is 128 Å². The molecule has 0 spiro atoms. The number of aliphatic hydroxyl groups is 1. The molecule has 0 aliphatic heterocycles. The number of ether oxygens (including phenoxy) is 1. The summed E-state index contributed by atoms with van der Waals surface area (Å²) in [5, 5.41) is 15.5. The van der Waals surface area contributed by atoms with Crippen LogP contribution in [-0.4, -0.2) is 49.5 Å². The SMILES string of the molecule is COCC(C)(CCO)NCC(=O)NC1CCCCCCC1. The minimum atomic E-state index is -0.359. The lowest BCUT2D eigenvalue weighted by Gasteiger charge is -2.30. The Balaban J connectivity index is 2.33. The molecule has 1 atom stereocenters. The van der Waals surface area contributed by atoms with Crippen molar-refractivity contribution >= 4 is 5.91 Å². The first-order valence-electron chi connectivity index (χ1n) is 8.24. The van der Waals surface area contributed by atoms with Crippen molar-refractivity contribution in [3.8, 4) is 0 Å². The van der Waals surface area contributed by atoms with Crippen LogP contribution in [0, 0.1) is 0 Å². The molecule has 1 rings (SSSR count). The van der Waals surface area contributed by atoms with E-state index in [2.05, 4.69) is 10.6 Å². The van der Waals surface area contributed by atoms with Crippen LogP contribution in [0.5, 0.6) is 0 Å². The number of nitrogens with one attached hydrogen (secondary N) is 2. The molecule has 1 aliphatic carbocycles. The van der Waals surface area contributed by atoms with E-state index in [1.165, 1.54) is 32.1 Å². The molecule has 0 bridgehead atoms. The molecule has 0 saturated heterocycles. The van der Waals surface area contributed by atoms with Crippen LogP contribution in [0.2, 0.25) is 0 Å². The second-order valence-corrected chi connectivity index (χ2v) is 6.43. The summed E-state index contributed by atoms with van der Waals surface area (Å²) in [6.45, 7) is 2.80. The lowest BCUT2D eigenvalue weighted by molar-refractivity contribution is -0.121. The third kappa shape index (κ3) is 7.79. The van der Waals surface area contributed by atoms with Crippen LogP contribution in [0.25, 0.3) is 0 Å². The number of methoxy groups -OCH3 is 1. The molecule has 21 heavy (non-hydrogen) atoms. The molecule has 1 amide bonds. The van der Waals surface area contributed by atoms with Crippen molar-refractivity contribution in [3.63, 3.8) is 0 Å². The van der Waals surface area contributed by atoms with Gasteiger partial charge in [0.15, 0.2) is 0 Å².